The highest BCUT2D eigenvalue weighted by atomic mass is 16.5. The Kier molecular flexibility index (Phi) is 4.29. The monoisotopic (exact) mass is 230 g/mol. The van der Waals surface area contributed by atoms with E-state index in [0.29, 0.717) is 12.8 Å². The zero-order valence-corrected chi connectivity index (χ0v) is 9.55. The summed E-state index contributed by atoms with van der Waals surface area (Å²) in [4.78, 5) is 21.8. The van der Waals surface area contributed by atoms with Crippen LogP contribution in [0.4, 0.5) is 0 Å². The van der Waals surface area contributed by atoms with Crippen molar-refractivity contribution in [2.24, 2.45) is 11.8 Å². The van der Waals surface area contributed by atoms with Gasteiger partial charge >= 0.3 is 11.9 Å². The van der Waals surface area contributed by atoms with Gasteiger partial charge in [0.15, 0.2) is 0 Å². The Morgan fingerprint density at radius 3 is 2.44 bits per heavy atom. The maximum Gasteiger partial charge on any atom is 0.306 e. The SMILES string of the molecule is CCC1C(O)CC(C(=O)O)CC1OC(C)=O. The summed E-state index contributed by atoms with van der Waals surface area (Å²) in [5.41, 5.74) is 0. The Hall–Kier alpha value is -1.10. The normalized spacial score (nSPS) is 34.4. The molecule has 2 N–H and O–H groups in total. The molecule has 1 aliphatic carbocycles. The molecule has 0 saturated heterocycles. The first-order valence-corrected chi connectivity index (χ1v) is 5.53. The van der Waals surface area contributed by atoms with Crippen molar-refractivity contribution in [1.29, 1.82) is 0 Å². The molecule has 0 aliphatic heterocycles. The van der Waals surface area contributed by atoms with E-state index >= 15 is 0 Å². The topological polar surface area (TPSA) is 83.8 Å². The van der Waals surface area contributed by atoms with Crippen molar-refractivity contribution in [2.75, 3.05) is 0 Å². The third-order valence-corrected chi connectivity index (χ3v) is 3.15. The van der Waals surface area contributed by atoms with Gasteiger partial charge in [-0.15, -0.1) is 0 Å². The Morgan fingerprint density at radius 1 is 1.38 bits per heavy atom. The summed E-state index contributed by atoms with van der Waals surface area (Å²) in [6, 6.07) is 0. The number of hydrogen-bond acceptors (Lipinski definition) is 4. The van der Waals surface area contributed by atoms with Crippen LogP contribution in [0.1, 0.15) is 33.1 Å². The number of carbonyl (C=O) groups is 2. The number of carbonyl (C=O) groups excluding carboxylic acids is 1. The van der Waals surface area contributed by atoms with E-state index < -0.39 is 30.1 Å². The fourth-order valence-electron chi connectivity index (χ4n) is 2.35. The Labute approximate surface area is 94.4 Å². The van der Waals surface area contributed by atoms with Crippen LogP contribution in [-0.2, 0) is 14.3 Å². The molecule has 0 radical (unpaired) electrons. The minimum atomic E-state index is -0.939. The molecule has 0 bridgehead atoms. The van der Waals surface area contributed by atoms with E-state index in [1.807, 2.05) is 6.92 Å². The highest BCUT2D eigenvalue weighted by molar-refractivity contribution is 5.70. The molecule has 4 atom stereocenters. The summed E-state index contributed by atoms with van der Waals surface area (Å²) < 4.78 is 5.08. The van der Waals surface area contributed by atoms with Crippen molar-refractivity contribution >= 4 is 11.9 Å². The summed E-state index contributed by atoms with van der Waals surface area (Å²) in [6.07, 6.45) is 0.0261. The van der Waals surface area contributed by atoms with E-state index in [4.69, 9.17) is 9.84 Å². The first-order chi connectivity index (χ1) is 7.45. The summed E-state index contributed by atoms with van der Waals surface area (Å²) >= 11 is 0. The van der Waals surface area contributed by atoms with Crippen molar-refractivity contribution < 1.29 is 24.5 Å². The minimum absolute atomic E-state index is 0.153. The van der Waals surface area contributed by atoms with Crippen molar-refractivity contribution in [3.63, 3.8) is 0 Å². The van der Waals surface area contributed by atoms with Gasteiger partial charge < -0.3 is 14.9 Å². The van der Waals surface area contributed by atoms with Crippen molar-refractivity contribution in [1.82, 2.24) is 0 Å². The lowest BCUT2D eigenvalue weighted by molar-refractivity contribution is -0.163. The highest BCUT2D eigenvalue weighted by Crippen LogP contribution is 2.33. The van der Waals surface area contributed by atoms with Crippen molar-refractivity contribution in [3.05, 3.63) is 0 Å². The second kappa shape index (κ2) is 5.30. The fraction of sp³-hybridized carbons (Fsp3) is 0.818. The summed E-state index contributed by atoms with van der Waals surface area (Å²) in [6.45, 7) is 3.19. The fourth-order valence-corrected chi connectivity index (χ4v) is 2.35. The maximum atomic E-state index is 10.9. The summed E-state index contributed by atoms with van der Waals surface area (Å²) in [5.74, 6) is -2.14. The molecule has 1 fully saturated rings. The van der Waals surface area contributed by atoms with Gasteiger partial charge in [0.1, 0.15) is 6.10 Å². The molecule has 0 spiro atoms. The van der Waals surface area contributed by atoms with Crippen LogP contribution in [0.15, 0.2) is 0 Å². The Bertz CT molecular complexity index is 276. The zero-order chi connectivity index (χ0) is 12.3. The lowest BCUT2D eigenvalue weighted by Gasteiger charge is -2.37. The van der Waals surface area contributed by atoms with Crippen molar-refractivity contribution in [2.45, 2.75) is 45.3 Å². The summed E-state index contributed by atoms with van der Waals surface area (Å²) in [7, 11) is 0. The molecule has 0 amide bonds. The quantitative estimate of drug-likeness (QED) is 0.700. The van der Waals surface area contributed by atoms with Gasteiger partial charge in [-0.25, -0.2) is 0 Å². The zero-order valence-electron chi connectivity index (χ0n) is 9.55. The van der Waals surface area contributed by atoms with Crippen LogP contribution in [0, 0.1) is 11.8 Å². The molecule has 16 heavy (non-hydrogen) atoms. The molecule has 5 nitrogen and oxygen atoms in total. The molecule has 92 valence electrons. The van der Waals surface area contributed by atoms with Gasteiger partial charge in [0.25, 0.3) is 0 Å². The number of aliphatic carboxylic acids is 1. The van der Waals surface area contributed by atoms with Gasteiger partial charge in [-0.2, -0.15) is 0 Å². The van der Waals surface area contributed by atoms with Gasteiger partial charge in [0.05, 0.1) is 12.0 Å². The van der Waals surface area contributed by atoms with E-state index in [1.54, 1.807) is 0 Å². The van der Waals surface area contributed by atoms with Crippen LogP contribution in [-0.4, -0.2) is 34.4 Å². The molecule has 1 saturated carbocycles. The largest absolute Gasteiger partial charge is 0.481 e. The molecular weight excluding hydrogens is 212 g/mol. The predicted molar refractivity (Wildman–Crippen MR) is 55.7 cm³/mol. The van der Waals surface area contributed by atoms with Crippen LogP contribution in [0.5, 0.6) is 0 Å². The highest BCUT2D eigenvalue weighted by Gasteiger charge is 2.40. The van der Waals surface area contributed by atoms with Gasteiger partial charge in [-0.05, 0) is 19.3 Å². The molecule has 1 aliphatic rings. The molecule has 4 unspecified atom stereocenters. The van der Waals surface area contributed by atoms with E-state index in [0.717, 1.165) is 0 Å². The van der Waals surface area contributed by atoms with Gasteiger partial charge in [0, 0.05) is 12.8 Å². The Balaban J connectivity index is 2.74. The Morgan fingerprint density at radius 2 is 2.00 bits per heavy atom. The van der Waals surface area contributed by atoms with Crippen LogP contribution in [0.3, 0.4) is 0 Å². The third kappa shape index (κ3) is 2.95. The summed E-state index contributed by atoms with van der Waals surface area (Å²) in [5, 5.41) is 18.7. The standard InChI is InChI=1S/C11H18O5/c1-3-8-9(13)4-7(11(14)15)5-10(8)16-6(2)12/h7-10,13H,3-5H2,1-2H3,(H,14,15). The van der Waals surface area contributed by atoms with E-state index in [-0.39, 0.29) is 12.3 Å². The molecule has 0 heterocycles. The average molecular weight is 230 g/mol. The number of aliphatic hydroxyl groups is 1. The second-order valence-electron chi connectivity index (χ2n) is 4.29. The van der Waals surface area contributed by atoms with Gasteiger partial charge in [0.2, 0.25) is 0 Å². The van der Waals surface area contributed by atoms with Crippen molar-refractivity contribution in [3.8, 4) is 0 Å². The van der Waals surface area contributed by atoms with E-state index in [2.05, 4.69) is 0 Å². The van der Waals surface area contributed by atoms with Gasteiger partial charge in [-0.1, -0.05) is 6.92 Å². The van der Waals surface area contributed by atoms with Crippen LogP contribution in [0.25, 0.3) is 0 Å². The average Bonchev–Trinajstić information content (AvgIpc) is 2.16. The molecule has 5 heteroatoms. The minimum Gasteiger partial charge on any atom is -0.481 e. The van der Waals surface area contributed by atoms with E-state index in [9.17, 15) is 14.7 Å². The predicted octanol–water partition coefficient (Wildman–Crippen LogP) is 0.800. The third-order valence-electron chi connectivity index (χ3n) is 3.15. The number of carboxylic acid groups (broad SMARTS) is 1. The molecule has 1 rings (SSSR count). The number of aliphatic hydroxyl groups excluding tert-OH is 1. The van der Waals surface area contributed by atoms with Crippen LogP contribution < -0.4 is 0 Å². The van der Waals surface area contributed by atoms with Crippen LogP contribution in [0.2, 0.25) is 0 Å². The smallest absolute Gasteiger partial charge is 0.306 e. The second-order valence-corrected chi connectivity index (χ2v) is 4.29. The number of hydrogen-bond donors (Lipinski definition) is 2. The molecule has 0 aromatic rings. The lowest BCUT2D eigenvalue weighted by atomic mass is 9.76. The van der Waals surface area contributed by atoms with E-state index in [1.165, 1.54) is 6.92 Å². The molecule has 0 aromatic carbocycles. The number of esters is 1. The van der Waals surface area contributed by atoms with Gasteiger partial charge in [-0.3, -0.25) is 9.59 Å². The number of carboxylic acids is 1. The first-order valence-electron chi connectivity index (χ1n) is 5.53. The number of rotatable bonds is 3. The van der Waals surface area contributed by atoms with Crippen LogP contribution >= 0.6 is 0 Å². The first kappa shape index (κ1) is 13.0. The molecular formula is C11H18O5. The maximum absolute atomic E-state index is 10.9. The molecule has 0 aromatic heterocycles. The number of ether oxygens (including phenoxy) is 1. The lowest BCUT2D eigenvalue weighted by Crippen LogP contribution is -2.43.